The Morgan fingerprint density at radius 1 is 1.00 bits per heavy atom. The van der Waals surface area contributed by atoms with Gasteiger partial charge in [0.05, 0.1) is 6.10 Å². The van der Waals surface area contributed by atoms with Crippen molar-refractivity contribution in [2.45, 2.75) is 6.10 Å². The van der Waals surface area contributed by atoms with Crippen LogP contribution in [-0.4, -0.2) is 17.6 Å². The fourth-order valence-corrected chi connectivity index (χ4v) is 2.56. The van der Waals surface area contributed by atoms with E-state index < -0.39 is 11.9 Å². The Morgan fingerprint density at radius 2 is 1.70 bits per heavy atom. The van der Waals surface area contributed by atoms with E-state index in [0.717, 1.165) is 10.8 Å². The molecule has 0 aliphatic rings. The molecule has 3 nitrogen and oxygen atoms in total. The van der Waals surface area contributed by atoms with Gasteiger partial charge < -0.3 is 10.4 Å². The third-order valence-electron chi connectivity index (χ3n) is 3.75. The van der Waals surface area contributed by atoms with Crippen LogP contribution in [-0.2, 0) is 0 Å². The highest BCUT2D eigenvalue weighted by Crippen LogP contribution is 2.19. The van der Waals surface area contributed by atoms with Crippen molar-refractivity contribution in [2.75, 3.05) is 6.54 Å². The lowest BCUT2D eigenvalue weighted by atomic mass is 10.0. The van der Waals surface area contributed by atoms with Crippen LogP contribution in [0.2, 0.25) is 0 Å². The fourth-order valence-electron chi connectivity index (χ4n) is 2.56. The number of carbonyl (C=O) groups excluding carboxylic acids is 1. The highest BCUT2D eigenvalue weighted by Gasteiger charge is 2.15. The minimum absolute atomic E-state index is 0.0526. The smallest absolute Gasteiger partial charge is 0.252 e. The Balaban J connectivity index is 1.75. The second kappa shape index (κ2) is 6.58. The van der Waals surface area contributed by atoms with Gasteiger partial charge in [-0.15, -0.1) is 0 Å². The molecular formula is C19H16FNO2. The Kier molecular flexibility index (Phi) is 4.35. The van der Waals surface area contributed by atoms with Crippen LogP contribution >= 0.6 is 0 Å². The minimum Gasteiger partial charge on any atom is -0.386 e. The summed E-state index contributed by atoms with van der Waals surface area (Å²) in [5.74, 6) is -0.781. The van der Waals surface area contributed by atoms with E-state index >= 15 is 0 Å². The lowest BCUT2D eigenvalue weighted by Crippen LogP contribution is -2.28. The third-order valence-corrected chi connectivity index (χ3v) is 3.75. The van der Waals surface area contributed by atoms with E-state index in [0.29, 0.717) is 5.56 Å². The number of hydrogen-bond acceptors (Lipinski definition) is 2. The summed E-state index contributed by atoms with van der Waals surface area (Å²) in [4.78, 5) is 12.4. The highest BCUT2D eigenvalue weighted by atomic mass is 19.1. The number of carbonyl (C=O) groups is 1. The molecular weight excluding hydrogens is 293 g/mol. The zero-order valence-corrected chi connectivity index (χ0v) is 12.4. The van der Waals surface area contributed by atoms with E-state index in [-0.39, 0.29) is 18.0 Å². The van der Waals surface area contributed by atoms with Crippen molar-refractivity contribution < 1.29 is 14.3 Å². The maximum atomic E-state index is 13.6. The van der Waals surface area contributed by atoms with Gasteiger partial charge in [-0.05, 0) is 22.9 Å². The van der Waals surface area contributed by atoms with Crippen molar-refractivity contribution in [3.05, 3.63) is 83.7 Å². The van der Waals surface area contributed by atoms with E-state index in [2.05, 4.69) is 5.32 Å². The number of aliphatic hydroxyl groups is 1. The first-order chi connectivity index (χ1) is 11.2. The van der Waals surface area contributed by atoms with E-state index in [4.69, 9.17) is 0 Å². The molecule has 4 heteroatoms. The molecule has 0 saturated heterocycles. The van der Waals surface area contributed by atoms with Crippen LogP contribution in [0.15, 0.2) is 66.7 Å². The van der Waals surface area contributed by atoms with Gasteiger partial charge in [-0.1, -0.05) is 54.6 Å². The predicted octanol–water partition coefficient (Wildman–Crippen LogP) is 3.44. The zero-order chi connectivity index (χ0) is 16.2. The summed E-state index contributed by atoms with van der Waals surface area (Å²) in [6.07, 6.45) is -1.09. The van der Waals surface area contributed by atoms with Crippen LogP contribution in [0, 0.1) is 5.82 Å². The van der Waals surface area contributed by atoms with Gasteiger partial charge in [-0.2, -0.15) is 0 Å². The standard InChI is InChI=1S/C19H16FNO2/c20-17-11-4-3-9-16(17)18(22)12-21-19(23)15-10-5-7-13-6-1-2-8-14(13)15/h1-11,18,22H,12H2,(H,21,23). The number of halogens is 1. The third kappa shape index (κ3) is 3.22. The second-order valence-corrected chi connectivity index (χ2v) is 5.27. The van der Waals surface area contributed by atoms with Crippen LogP contribution < -0.4 is 5.32 Å². The van der Waals surface area contributed by atoms with E-state index in [9.17, 15) is 14.3 Å². The SMILES string of the molecule is O=C(NCC(O)c1ccccc1F)c1cccc2ccccc12. The molecule has 0 fully saturated rings. The summed E-state index contributed by atoms with van der Waals surface area (Å²) in [5, 5.41) is 14.5. The molecule has 0 radical (unpaired) electrons. The van der Waals surface area contributed by atoms with Crippen molar-refractivity contribution in [3.63, 3.8) is 0 Å². The normalized spacial score (nSPS) is 12.1. The molecule has 116 valence electrons. The van der Waals surface area contributed by atoms with E-state index in [1.54, 1.807) is 18.2 Å². The number of hydrogen-bond donors (Lipinski definition) is 2. The summed E-state index contributed by atoms with van der Waals surface area (Å²) < 4.78 is 13.6. The first-order valence-corrected chi connectivity index (χ1v) is 7.35. The molecule has 0 aliphatic heterocycles. The Labute approximate surface area is 133 Å². The Bertz CT molecular complexity index is 842. The fraction of sp³-hybridized carbons (Fsp3) is 0.105. The molecule has 23 heavy (non-hydrogen) atoms. The average molecular weight is 309 g/mol. The maximum Gasteiger partial charge on any atom is 0.252 e. The molecule has 0 spiro atoms. The van der Waals surface area contributed by atoms with Gasteiger partial charge in [-0.25, -0.2) is 4.39 Å². The van der Waals surface area contributed by atoms with Crippen LogP contribution in [0.3, 0.4) is 0 Å². The van der Waals surface area contributed by atoms with Crippen molar-refractivity contribution in [2.24, 2.45) is 0 Å². The number of fused-ring (bicyclic) bond motifs is 1. The molecule has 3 aromatic carbocycles. The second-order valence-electron chi connectivity index (χ2n) is 5.27. The summed E-state index contributed by atoms with van der Waals surface area (Å²) in [7, 11) is 0. The summed E-state index contributed by atoms with van der Waals surface area (Å²) in [6, 6.07) is 19.0. The molecule has 3 rings (SSSR count). The number of amides is 1. The predicted molar refractivity (Wildman–Crippen MR) is 87.6 cm³/mol. The van der Waals surface area contributed by atoms with Gasteiger partial charge in [0.25, 0.3) is 5.91 Å². The van der Waals surface area contributed by atoms with E-state index in [1.165, 1.54) is 12.1 Å². The maximum absolute atomic E-state index is 13.6. The molecule has 2 N–H and O–H groups in total. The van der Waals surface area contributed by atoms with Crippen molar-refractivity contribution in [3.8, 4) is 0 Å². The highest BCUT2D eigenvalue weighted by molar-refractivity contribution is 6.07. The summed E-state index contributed by atoms with van der Waals surface area (Å²) in [6.45, 7) is -0.0526. The summed E-state index contributed by atoms with van der Waals surface area (Å²) in [5.41, 5.74) is 0.703. The molecule has 0 bridgehead atoms. The summed E-state index contributed by atoms with van der Waals surface area (Å²) >= 11 is 0. The Hall–Kier alpha value is -2.72. The first kappa shape index (κ1) is 15.2. The van der Waals surface area contributed by atoms with Crippen LogP contribution in [0.25, 0.3) is 10.8 Å². The average Bonchev–Trinajstić information content (AvgIpc) is 2.59. The minimum atomic E-state index is -1.09. The molecule has 3 aromatic rings. The topological polar surface area (TPSA) is 49.3 Å². The van der Waals surface area contributed by atoms with Crippen LogP contribution in [0.4, 0.5) is 4.39 Å². The van der Waals surface area contributed by atoms with Gasteiger partial charge >= 0.3 is 0 Å². The zero-order valence-electron chi connectivity index (χ0n) is 12.4. The molecule has 0 aliphatic carbocycles. The van der Waals surface area contributed by atoms with Crippen LogP contribution in [0.1, 0.15) is 22.0 Å². The molecule has 0 heterocycles. The number of rotatable bonds is 4. The van der Waals surface area contributed by atoms with Crippen molar-refractivity contribution >= 4 is 16.7 Å². The van der Waals surface area contributed by atoms with Gasteiger partial charge in [0.2, 0.25) is 0 Å². The van der Waals surface area contributed by atoms with Crippen molar-refractivity contribution in [1.29, 1.82) is 0 Å². The molecule has 0 saturated carbocycles. The van der Waals surface area contributed by atoms with Gasteiger partial charge in [0.1, 0.15) is 5.82 Å². The molecule has 1 unspecified atom stereocenters. The van der Waals surface area contributed by atoms with Crippen molar-refractivity contribution in [1.82, 2.24) is 5.32 Å². The van der Waals surface area contributed by atoms with Gasteiger partial charge in [0.15, 0.2) is 0 Å². The van der Waals surface area contributed by atoms with Gasteiger partial charge in [-0.3, -0.25) is 4.79 Å². The lowest BCUT2D eigenvalue weighted by Gasteiger charge is -2.13. The largest absolute Gasteiger partial charge is 0.386 e. The quantitative estimate of drug-likeness (QED) is 0.775. The first-order valence-electron chi connectivity index (χ1n) is 7.35. The number of benzene rings is 3. The number of aliphatic hydroxyl groups excluding tert-OH is 1. The lowest BCUT2D eigenvalue weighted by molar-refractivity contribution is 0.0915. The Morgan fingerprint density at radius 3 is 2.52 bits per heavy atom. The van der Waals surface area contributed by atoms with Crippen LogP contribution in [0.5, 0.6) is 0 Å². The number of nitrogens with one attached hydrogen (secondary N) is 1. The molecule has 1 amide bonds. The molecule has 1 atom stereocenters. The monoisotopic (exact) mass is 309 g/mol. The van der Waals surface area contributed by atoms with Gasteiger partial charge in [0, 0.05) is 17.7 Å². The molecule has 0 aromatic heterocycles. The van der Waals surface area contributed by atoms with E-state index in [1.807, 2.05) is 36.4 Å².